The van der Waals surface area contributed by atoms with Crippen LogP contribution in [0, 0.1) is 0 Å². The summed E-state index contributed by atoms with van der Waals surface area (Å²) in [7, 11) is 1.71. The molecule has 0 spiro atoms. The van der Waals surface area contributed by atoms with Gasteiger partial charge in [0.05, 0.1) is 13.2 Å². The number of rotatable bonds is 9. The minimum atomic E-state index is -0.154. The second kappa shape index (κ2) is 12.2. The van der Waals surface area contributed by atoms with Crippen LogP contribution in [0.15, 0.2) is 4.99 Å². The van der Waals surface area contributed by atoms with Crippen LogP contribution < -0.4 is 10.6 Å². The molecule has 0 aliphatic carbocycles. The molecule has 0 aromatic heterocycles. The highest BCUT2D eigenvalue weighted by atomic mass is 16.5. The van der Waals surface area contributed by atoms with E-state index in [4.69, 9.17) is 9.47 Å². The molecular weight excluding hydrogens is 234 g/mol. The monoisotopic (exact) mass is 259 g/mol. The summed E-state index contributed by atoms with van der Waals surface area (Å²) in [5.74, 6) is 0.567. The fraction of sp³-hybridized carbons (Fsp3) is 0.833. The van der Waals surface area contributed by atoms with Crippen LogP contribution in [0.2, 0.25) is 0 Å². The van der Waals surface area contributed by atoms with Gasteiger partial charge in [0.1, 0.15) is 0 Å². The van der Waals surface area contributed by atoms with Gasteiger partial charge < -0.3 is 20.1 Å². The van der Waals surface area contributed by atoms with Crippen LogP contribution in [0.5, 0.6) is 0 Å². The van der Waals surface area contributed by atoms with Gasteiger partial charge in [0, 0.05) is 33.2 Å². The number of hydrogen-bond acceptors (Lipinski definition) is 4. The van der Waals surface area contributed by atoms with Crippen molar-refractivity contribution in [3.63, 3.8) is 0 Å². The van der Waals surface area contributed by atoms with Crippen molar-refractivity contribution in [2.24, 2.45) is 4.99 Å². The molecular formula is C12H25N3O3. The predicted molar refractivity (Wildman–Crippen MR) is 71.7 cm³/mol. The Morgan fingerprint density at radius 2 is 1.89 bits per heavy atom. The van der Waals surface area contributed by atoms with Crippen LogP contribution in [0.1, 0.15) is 26.7 Å². The average molecular weight is 259 g/mol. The summed E-state index contributed by atoms with van der Waals surface area (Å²) in [4.78, 5) is 15.2. The topological polar surface area (TPSA) is 72.0 Å². The number of ether oxygens (including phenoxy) is 2. The fourth-order valence-electron chi connectivity index (χ4n) is 1.28. The Balaban J connectivity index is 3.53. The molecule has 0 heterocycles. The van der Waals surface area contributed by atoms with E-state index in [1.807, 2.05) is 6.92 Å². The molecule has 18 heavy (non-hydrogen) atoms. The van der Waals surface area contributed by atoms with Gasteiger partial charge in [-0.05, 0) is 20.3 Å². The van der Waals surface area contributed by atoms with Gasteiger partial charge in [-0.2, -0.15) is 0 Å². The summed E-state index contributed by atoms with van der Waals surface area (Å²) in [6, 6.07) is 0. The van der Waals surface area contributed by atoms with Crippen molar-refractivity contribution in [3.8, 4) is 0 Å². The Hall–Kier alpha value is -1.30. The van der Waals surface area contributed by atoms with Crippen molar-refractivity contribution >= 4 is 11.9 Å². The number of carbonyl (C=O) groups is 1. The van der Waals surface area contributed by atoms with Crippen LogP contribution in [0.4, 0.5) is 0 Å². The van der Waals surface area contributed by atoms with E-state index in [-0.39, 0.29) is 5.97 Å². The zero-order valence-corrected chi connectivity index (χ0v) is 11.6. The maximum absolute atomic E-state index is 11.1. The Kier molecular flexibility index (Phi) is 11.3. The highest BCUT2D eigenvalue weighted by molar-refractivity contribution is 5.79. The minimum absolute atomic E-state index is 0.154. The van der Waals surface area contributed by atoms with Gasteiger partial charge in [-0.15, -0.1) is 0 Å². The second-order valence-corrected chi connectivity index (χ2v) is 3.53. The van der Waals surface area contributed by atoms with Crippen molar-refractivity contribution in [2.75, 3.05) is 40.0 Å². The van der Waals surface area contributed by atoms with Crippen molar-refractivity contribution in [2.45, 2.75) is 26.7 Å². The molecule has 0 atom stereocenters. The summed E-state index contributed by atoms with van der Waals surface area (Å²) >= 11 is 0. The molecule has 0 bridgehead atoms. The number of esters is 1. The molecule has 0 aliphatic heterocycles. The van der Waals surface area contributed by atoms with Gasteiger partial charge in [-0.1, -0.05) is 0 Å². The normalized spacial score (nSPS) is 11.2. The van der Waals surface area contributed by atoms with E-state index in [1.165, 1.54) is 0 Å². The molecule has 0 radical (unpaired) electrons. The first-order valence-electron chi connectivity index (χ1n) is 6.42. The maximum atomic E-state index is 11.1. The molecule has 0 rings (SSSR count). The van der Waals surface area contributed by atoms with Gasteiger partial charge in [0.15, 0.2) is 5.96 Å². The molecule has 6 nitrogen and oxygen atoms in total. The van der Waals surface area contributed by atoms with E-state index < -0.39 is 0 Å². The van der Waals surface area contributed by atoms with Crippen molar-refractivity contribution in [3.05, 3.63) is 0 Å². The van der Waals surface area contributed by atoms with E-state index in [2.05, 4.69) is 15.6 Å². The molecule has 106 valence electrons. The van der Waals surface area contributed by atoms with Crippen molar-refractivity contribution < 1.29 is 14.3 Å². The summed E-state index contributed by atoms with van der Waals surface area (Å²) in [5.41, 5.74) is 0. The lowest BCUT2D eigenvalue weighted by molar-refractivity contribution is -0.143. The van der Waals surface area contributed by atoms with Gasteiger partial charge in [-0.25, -0.2) is 0 Å². The molecule has 0 fully saturated rings. The first kappa shape index (κ1) is 16.7. The summed E-state index contributed by atoms with van der Waals surface area (Å²) in [5, 5.41) is 6.23. The molecule has 0 aromatic carbocycles. The first-order valence-corrected chi connectivity index (χ1v) is 6.42. The van der Waals surface area contributed by atoms with Gasteiger partial charge in [0.25, 0.3) is 0 Å². The molecule has 0 saturated carbocycles. The Morgan fingerprint density at radius 3 is 2.50 bits per heavy atom. The number of aliphatic imine (C=N–C) groups is 1. The van der Waals surface area contributed by atoms with E-state index in [1.54, 1.807) is 14.0 Å². The largest absolute Gasteiger partial charge is 0.466 e. The SMILES string of the molecule is CCOCCNC(=NC)NCCCC(=O)OCC. The third kappa shape index (κ3) is 9.89. The predicted octanol–water partition coefficient (Wildman–Crippen LogP) is 0.531. The number of hydrogen-bond donors (Lipinski definition) is 2. The standard InChI is InChI=1S/C12H25N3O3/c1-4-17-10-9-15-12(13-3)14-8-6-7-11(16)18-5-2/h4-10H2,1-3H3,(H2,13,14,15). The Morgan fingerprint density at radius 1 is 1.17 bits per heavy atom. The highest BCUT2D eigenvalue weighted by Gasteiger charge is 2.01. The third-order valence-electron chi connectivity index (χ3n) is 2.12. The quantitative estimate of drug-likeness (QED) is 0.273. The molecule has 0 amide bonds. The zero-order valence-electron chi connectivity index (χ0n) is 11.6. The van der Waals surface area contributed by atoms with Crippen molar-refractivity contribution in [1.29, 1.82) is 0 Å². The van der Waals surface area contributed by atoms with Crippen LogP contribution in [-0.4, -0.2) is 51.9 Å². The van der Waals surface area contributed by atoms with Gasteiger partial charge in [0.2, 0.25) is 0 Å². The maximum Gasteiger partial charge on any atom is 0.305 e. The highest BCUT2D eigenvalue weighted by Crippen LogP contribution is 1.91. The van der Waals surface area contributed by atoms with Gasteiger partial charge >= 0.3 is 5.97 Å². The summed E-state index contributed by atoms with van der Waals surface area (Å²) in [6.07, 6.45) is 1.15. The smallest absolute Gasteiger partial charge is 0.305 e. The zero-order chi connectivity index (χ0) is 13.6. The molecule has 6 heteroatoms. The number of guanidine groups is 1. The van der Waals surface area contributed by atoms with Gasteiger partial charge in [-0.3, -0.25) is 9.79 Å². The first-order chi connectivity index (χ1) is 8.74. The average Bonchev–Trinajstić information content (AvgIpc) is 2.37. The summed E-state index contributed by atoms with van der Waals surface area (Å²) < 4.78 is 10.0. The number of nitrogens with one attached hydrogen (secondary N) is 2. The van der Waals surface area contributed by atoms with E-state index >= 15 is 0 Å². The molecule has 0 aromatic rings. The van der Waals surface area contributed by atoms with Crippen LogP contribution in [0.3, 0.4) is 0 Å². The molecule has 0 saturated heterocycles. The lowest BCUT2D eigenvalue weighted by Crippen LogP contribution is -2.39. The lowest BCUT2D eigenvalue weighted by atomic mass is 10.3. The van der Waals surface area contributed by atoms with Crippen LogP contribution >= 0.6 is 0 Å². The van der Waals surface area contributed by atoms with E-state index in [9.17, 15) is 4.79 Å². The van der Waals surface area contributed by atoms with Crippen LogP contribution in [0.25, 0.3) is 0 Å². The third-order valence-corrected chi connectivity index (χ3v) is 2.12. The molecule has 0 aliphatic rings. The second-order valence-electron chi connectivity index (χ2n) is 3.53. The summed E-state index contributed by atoms with van der Waals surface area (Å²) in [6.45, 7) is 6.97. The Labute approximate surface area is 109 Å². The van der Waals surface area contributed by atoms with Crippen LogP contribution in [-0.2, 0) is 14.3 Å². The van der Waals surface area contributed by atoms with E-state index in [0.717, 1.165) is 12.4 Å². The fourth-order valence-corrected chi connectivity index (χ4v) is 1.28. The van der Waals surface area contributed by atoms with E-state index in [0.29, 0.717) is 39.3 Å². The number of nitrogens with zero attached hydrogens (tertiary/aromatic N) is 1. The number of carbonyl (C=O) groups excluding carboxylic acids is 1. The minimum Gasteiger partial charge on any atom is -0.466 e. The lowest BCUT2D eigenvalue weighted by Gasteiger charge is -2.11. The Bertz CT molecular complexity index is 245. The molecule has 2 N–H and O–H groups in total. The van der Waals surface area contributed by atoms with Crippen molar-refractivity contribution in [1.82, 2.24) is 10.6 Å². The molecule has 0 unspecified atom stereocenters.